The molecule has 1 N–H and O–H groups in total. The highest BCUT2D eigenvalue weighted by Crippen LogP contribution is 2.32. The Hall–Kier alpha value is -4.46. The lowest BCUT2D eigenvalue weighted by Crippen LogP contribution is -2.39. The molecule has 0 fully saturated rings. The summed E-state index contributed by atoms with van der Waals surface area (Å²) in [7, 11) is 1.91. The summed E-state index contributed by atoms with van der Waals surface area (Å²) in [6, 6.07) is 23.6. The zero-order valence-corrected chi connectivity index (χ0v) is 20.8. The minimum Gasteiger partial charge on any atom is -0.435 e. The van der Waals surface area contributed by atoms with E-state index in [4.69, 9.17) is 9.72 Å². The Morgan fingerprint density at radius 1 is 1.03 bits per heavy atom. The average molecular weight is 498 g/mol. The van der Waals surface area contributed by atoms with E-state index in [-0.39, 0.29) is 24.2 Å². The number of fused-ring (bicyclic) bond motifs is 1. The van der Waals surface area contributed by atoms with E-state index in [1.165, 1.54) is 6.07 Å². The fourth-order valence-electron chi connectivity index (χ4n) is 4.20. The van der Waals surface area contributed by atoms with Crippen molar-refractivity contribution < 1.29 is 13.9 Å². The van der Waals surface area contributed by atoms with Crippen LogP contribution in [0.15, 0.2) is 78.9 Å². The summed E-state index contributed by atoms with van der Waals surface area (Å²) in [6.45, 7) is 3.34. The molecule has 0 unspecified atom stereocenters. The number of aromatic nitrogens is 2. The number of rotatable bonds is 6. The number of hydrogen-bond acceptors (Lipinski definition) is 5. The van der Waals surface area contributed by atoms with Gasteiger partial charge in [0.05, 0.1) is 17.8 Å². The lowest BCUT2D eigenvalue weighted by atomic mass is 10.1. The summed E-state index contributed by atoms with van der Waals surface area (Å²) in [5.41, 5.74) is 4.41. The third-order valence-corrected chi connectivity index (χ3v) is 6.25. The third-order valence-electron chi connectivity index (χ3n) is 6.25. The molecule has 188 valence electrons. The number of amides is 2. The second kappa shape index (κ2) is 10.7. The van der Waals surface area contributed by atoms with Crippen molar-refractivity contribution in [3.05, 3.63) is 107 Å². The average Bonchev–Trinajstić information content (AvgIpc) is 2.91. The van der Waals surface area contributed by atoms with E-state index < -0.39 is 5.82 Å². The summed E-state index contributed by atoms with van der Waals surface area (Å²) < 4.78 is 20.5. The number of nitrogens with one attached hydrogen (secondary N) is 1. The lowest BCUT2D eigenvalue weighted by molar-refractivity contribution is 0.205. The predicted octanol–water partition coefficient (Wildman–Crippen LogP) is 5.94. The van der Waals surface area contributed by atoms with Gasteiger partial charge in [-0.15, -0.1) is 0 Å². The molecule has 7 nitrogen and oxygen atoms in total. The van der Waals surface area contributed by atoms with Gasteiger partial charge in [0.1, 0.15) is 0 Å². The maximum Gasteiger partial charge on any atom is 0.322 e. The molecule has 1 aliphatic heterocycles. The Balaban J connectivity index is 1.43. The first-order valence-electron chi connectivity index (χ1n) is 12.2. The van der Waals surface area contributed by atoms with Crippen LogP contribution in [0.4, 0.5) is 20.8 Å². The quantitative estimate of drug-likeness (QED) is 0.357. The molecule has 1 aromatic heterocycles. The van der Waals surface area contributed by atoms with Gasteiger partial charge in [-0.3, -0.25) is 0 Å². The number of ether oxygens (including phenoxy) is 1. The van der Waals surface area contributed by atoms with Gasteiger partial charge in [0.25, 0.3) is 0 Å². The molecule has 1 aliphatic rings. The second-order valence-electron chi connectivity index (χ2n) is 9.10. The van der Waals surface area contributed by atoms with E-state index in [0.717, 1.165) is 22.5 Å². The van der Waals surface area contributed by atoms with Crippen molar-refractivity contribution >= 4 is 17.7 Å². The van der Waals surface area contributed by atoms with Crippen LogP contribution in [0.3, 0.4) is 0 Å². The maximum absolute atomic E-state index is 14.5. The lowest BCUT2D eigenvalue weighted by Gasteiger charge is -2.30. The molecule has 0 bridgehead atoms. The molecule has 0 saturated carbocycles. The van der Waals surface area contributed by atoms with Crippen molar-refractivity contribution in [3.8, 4) is 11.6 Å². The molecule has 0 saturated heterocycles. The molecular weight excluding hydrogens is 469 g/mol. The summed E-state index contributed by atoms with van der Waals surface area (Å²) in [4.78, 5) is 26.1. The second-order valence-corrected chi connectivity index (χ2v) is 9.10. The molecule has 0 radical (unpaired) electrons. The van der Waals surface area contributed by atoms with Crippen LogP contribution in [0.25, 0.3) is 0 Å². The van der Waals surface area contributed by atoms with Crippen LogP contribution in [0.1, 0.15) is 22.4 Å². The van der Waals surface area contributed by atoms with E-state index in [9.17, 15) is 9.18 Å². The highest BCUT2D eigenvalue weighted by atomic mass is 19.1. The topological polar surface area (TPSA) is 70.6 Å². The normalized spacial score (nSPS) is 12.6. The van der Waals surface area contributed by atoms with Crippen LogP contribution >= 0.6 is 0 Å². The van der Waals surface area contributed by atoms with Crippen LogP contribution in [-0.2, 0) is 19.5 Å². The van der Waals surface area contributed by atoms with Gasteiger partial charge in [-0.2, -0.15) is 4.98 Å². The zero-order chi connectivity index (χ0) is 25.8. The zero-order valence-electron chi connectivity index (χ0n) is 20.8. The van der Waals surface area contributed by atoms with Gasteiger partial charge >= 0.3 is 6.03 Å². The van der Waals surface area contributed by atoms with E-state index in [0.29, 0.717) is 31.0 Å². The van der Waals surface area contributed by atoms with E-state index >= 15 is 0 Å². The van der Waals surface area contributed by atoms with Crippen molar-refractivity contribution in [2.75, 3.05) is 23.8 Å². The SMILES string of the molecule is Cc1ccc(NC(=O)N2CCc3nc(N(C)Cc4ccccc4)nc(Oc4ccccc4F)c3C2)cc1. The van der Waals surface area contributed by atoms with Crippen LogP contribution < -0.4 is 15.0 Å². The number of halogens is 1. The minimum absolute atomic E-state index is 0.0706. The summed E-state index contributed by atoms with van der Waals surface area (Å²) in [5.74, 6) is 0.310. The van der Waals surface area contributed by atoms with Crippen molar-refractivity contribution in [2.24, 2.45) is 0 Å². The smallest absolute Gasteiger partial charge is 0.322 e. The molecular formula is C29H28FN5O2. The first kappa shape index (κ1) is 24.2. The van der Waals surface area contributed by atoms with Crippen LogP contribution in [0.2, 0.25) is 0 Å². The Kier molecular flexibility index (Phi) is 6.98. The van der Waals surface area contributed by atoms with Gasteiger partial charge in [-0.1, -0.05) is 60.2 Å². The van der Waals surface area contributed by atoms with Crippen molar-refractivity contribution in [2.45, 2.75) is 26.4 Å². The number of urea groups is 1. The summed E-state index contributed by atoms with van der Waals surface area (Å²) in [5, 5.41) is 2.94. The first-order chi connectivity index (χ1) is 18.0. The number of benzene rings is 3. The Labute approximate surface area is 215 Å². The van der Waals surface area contributed by atoms with Crippen LogP contribution in [0, 0.1) is 12.7 Å². The molecule has 4 aromatic rings. The highest BCUT2D eigenvalue weighted by Gasteiger charge is 2.28. The molecule has 0 spiro atoms. The monoisotopic (exact) mass is 497 g/mol. The van der Waals surface area contributed by atoms with Gasteiger partial charge in [-0.05, 0) is 36.8 Å². The van der Waals surface area contributed by atoms with Gasteiger partial charge in [-0.25, -0.2) is 14.2 Å². The molecule has 2 heterocycles. The summed E-state index contributed by atoms with van der Waals surface area (Å²) >= 11 is 0. The van der Waals surface area contributed by atoms with Gasteiger partial charge < -0.3 is 19.9 Å². The molecule has 8 heteroatoms. The number of carbonyl (C=O) groups excluding carboxylic acids is 1. The Morgan fingerprint density at radius 3 is 2.51 bits per heavy atom. The van der Waals surface area contributed by atoms with Crippen LogP contribution in [-0.4, -0.2) is 34.5 Å². The molecule has 37 heavy (non-hydrogen) atoms. The number of carbonyl (C=O) groups is 1. The van der Waals surface area contributed by atoms with Crippen LogP contribution in [0.5, 0.6) is 11.6 Å². The minimum atomic E-state index is -0.487. The number of hydrogen-bond donors (Lipinski definition) is 1. The maximum atomic E-state index is 14.5. The molecule has 0 aliphatic carbocycles. The molecule has 2 amide bonds. The standard InChI is InChI=1S/C29H28FN5O2/c1-20-12-14-22(15-13-20)31-29(36)35-17-16-25-23(19-35)27(37-26-11-7-6-10-24(26)30)33-28(32-25)34(2)18-21-8-4-3-5-9-21/h3-15H,16-19H2,1-2H3,(H,31,36). The fraction of sp³-hybridized carbons (Fsp3) is 0.207. The van der Waals surface area contributed by atoms with Gasteiger partial charge in [0, 0.05) is 32.2 Å². The first-order valence-corrected chi connectivity index (χ1v) is 12.2. The van der Waals surface area contributed by atoms with Gasteiger partial charge in [0.2, 0.25) is 11.8 Å². The largest absolute Gasteiger partial charge is 0.435 e. The third kappa shape index (κ3) is 5.69. The molecule has 5 rings (SSSR count). The van der Waals surface area contributed by atoms with Gasteiger partial charge in [0.15, 0.2) is 11.6 Å². The predicted molar refractivity (Wildman–Crippen MR) is 141 cm³/mol. The van der Waals surface area contributed by atoms with Crippen molar-refractivity contribution in [1.82, 2.24) is 14.9 Å². The molecule has 3 aromatic carbocycles. The van der Waals surface area contributed by atoms with E-state index in [2.05, 4.69) is 10.3 Å². The van der Waals surface area contributed by atoms with E-state index in [1.807, 2.05) is 73.5 Å². The van der Waals surface area contributed by atoms with Crippen molar-refractivity contribution in [1.29, 1.82) is 0 Å². The Bertz CT molecular complexity index is 1400. The summed E-state index contributed by atoms with van der Waals surface area (Å²) in [6.07, 6.45) is 0.527. The number of anilines is 2. The number of nitrogens with zero attached hydrogens (tertiary/aromatic N) is 4. The highest BCUT2D eigenvalue weighted by molar-refractivity contribution is 5.89. The van der Waals surface area contributed by atoms with E-state index in [1.54, 1.807) is 23.1 Å². The number of para-hydroxylation sites is 1. The van der Waals surface area contributed by atoms with Crippen molar-refractivity contribution in [3.63, 3.8) is 0 Å². The number of aryl methyl sites for hydroxylation is 1. The Morgan fingerprint density at radius 2 is 1.76 bits per heavy atom. The fourth-order valence-corrected chi connectivity index (χ4v) is 4.20. The molecule has 0 atom stereocenters.